The normalized spacial score (nSPS) is 12.5. The average Bonchev–Trinajstić information content (AvgIpc) is 3.95. The zero-order valence-corrected chi connectivity index (χ0v) is 28.5. The second-order valence-electron chi connectivity index (χ2n) is 14.3. The average molecular weight is 673 g/mol. The summed E-state index contributed by atoms with van der Waals surface area (Å²) in [5.74, 6) is 0. The molecular weight excluding hydrogens is 645 g/mol. The number of hydrogen-bond donors (Lipinski definition) is 0. The Bertz CT molecular complexity index is 3580. The molecule has 53 heavy (non-hydrogen) atoms. The van der Waals surface area contributed by atoms with Crippen LogP contribution in [0.4, 0.5) is 17.1 Å². The second-order valence-corrected chi connectivity index (χ2v) is 14.3. The zero-order chi connectivity index (χ0) is 34.4. The molecule has 0 N–H and O–H groups in total. The van der Waals surface area contributed by atoms with Crippen LogP contribution < -0.4 is 4.90 Å². The van der Waals surface area contributed by atoms with Crippen LogP contribution in [0.5, 0.6) is 0 Å². The highest BCUT2D eigenvalue weighted by Gasteiger charge is 2.29. The molecule has 0 fully saturated rings. The van der Waals surface area contributed by atoms with Crippen LogP contribution in [0.25, 0.3) is 97.9 Å². The molecule has 0 spiro atoms. The zero-order valence-electron chi connectivity index (χ0n) is 28.5. The molecule has 0 bridgehead atoms. The van der Waals surface area contributed by atoms with Crippen LogP contribution in [-0.4, -0.2) is 13.8 Å². The number of aromatic nitrogens is 3. The van der Waals surface area contributed by atoms with Gasteiger partial charge in [-0.2, -0.15) is 0 Å². The Kier molecular flexibility index (Phi) is 5.08. The molecule has 0 saturated carbocycles. The second kappa shape index (κ2) is 9.78. The Hall–Kier alpha value is -7.17. The molecule has 4 nitrogen and oxygen atoms in total. The quantitative estimate of drug-likeness (QED) is 0.187. The van der Waals surface area contributed by atoms with Crippen LogP contribution in [0, 0.1) is 0 Å². The van der Waals surface area contributed by atoms with Crippen molar-refractivity contribution >= 4 is 115 Å². The van der Waals surface area contributed by atoms with Crippen LogP contribution in [-0.2, 0) is 0 Å². The molecule has 0 aliphatic rings. The molecule has 0 saturated heterocycles. The van der Waals surface area contributed by atoms with E-state index in [2.05, 4.69) is 184 Å². The third kappa shape index (κ3) is 3.34. The van der Waals surface area contributed by atoms with Crippen molar-refractivity contribution < 1.29 is 0 Å². The predicted octanol–water partition coefficient (Wildman–Crippen LogP) is 13.2. The number of para-hydroxylation sites is 4. The van der Waals surface area contributed by atoms with Gasteiger partial charge in [-0.3, -0.25) is 4.40 Å². The van der Waals surface area contributed by atoms with Crippen molar-refractivity contribution in [2.75, 3.05) is 4.90 Å². The minimum absolute atomic E-state index is 0.986. The Morgan fingerprint density at radius 3 is 1.62 bits per heavy atom. The van der Waals surface area contributed by atoms with Crippen LogP contribution >= 0.6 is 0 Å². The number of anilines is 3. The Morgan fingerprint density at radius 1 is 0.377 bits per heavy atom. The molecule has 4 heteroatoms. The van der Waals surface area contributed by atoms with Gasteiger partial charge in [-0.15, -0.1) is 0 Å². The SMILES string of the molecule is c1ccc(N(c2ccccc2)c2cccc3c4cc5ccccc5c5c6c7c8c9ccccc9cc9c%10ccccc%10n(c7cnc6n(c23)c45)c98)cc1. The van der Waals surface area contributed by atoms with Crippen molar-refractivity contribution in [3.8, 4) is 0 Å². The predicted molar refractivity (Wildman–Crippen MR) is 223 cm³/mol. The van der Waals surface area contributed by atoms with E-state index < -0.39 is 0 Å². The van der Waals surface area contributed by atoms with E-state index in [1.165, 1.54) is 81.2 Å². The smallest absolute Gasteiger partial charge is 0.146 e. The molecule has 0 aliphatic heterocycles. The van der Waals surface area contributed by atoms with Crippen LogP contribution in [0.1, 0.15) is 0 Å². The fourth-order valence-electron chi connectivity index (χ4n) is 9.71. The Morgan fingerprint density at radius 2 is 0.925 bits per heavy atom. The summed E-state index contributed by atoms with van der Waals surface area (Å²) in [4.78, 5) is 7.90. The largest absolute Gasteiger partial charge is 0.308 e. The number of pyridine rings is 1. The third-order valence-corrected chi connectivity index (χ3v) is 11.7. The van der Waals surface area contributed by atoms with Gasteiger partial charge < -0.3 is 9.30 Å². The highest BCUT2D eigenvalue weighted by atomic mass is 15.2. The third-order valence-electron chi connectivity index (χ3n) is 11.7. The van der Waals surface area contributed by atoms with Gasteiger partial charge in [0.15, 0.2) is 0 Å². The van der Waals surface area contributed by atoms with E-state index in [1.54, 1.807) is 0 Å². The molecule has 0 aliphatic carbocycles. The van der Waals surface area contributed by atoms with Crippen molar-refractivity contribution in [3.63, 3.8) is 0 Å². The molecule has 13 rings (SSSR count). The van der Waals surface area contributed by atoms with Crippen LogP contribution in [0.15, 0.2) is 170 Å². The topological polar surface area (TPSA) is 24.9 Å². The van der Waals surface area contributed by atoms with Crippen molar-refractivity contribution in [2.45, 2.75) is 0 Å². The summed E-state index contributed by atoms with van der Waals surface area (Å²) in [5.41, 5.74) is 10.3. The maximum absolute atomic E-state index is 5.51. The monoisotopic (exact) mass is 672 g/mol. The molecule has 8 aromatic carbocycles. The van der Waals surface area contributed by atoms with Gasteiger partial charge >= 0.3 is 0 Å². The summed E-state index contributed by atoms with van der Waals surface area (Å²) in [5, 5.41) is 15.1. The van der Waals surface area contributed by atoms with Gasteiger partial charge in [-0.25, -0.2) is 4.98 Å². The summed E-state index contributed by atoms with van der Waals surface area (Å²) < 4.78 is 4.95. The number of rotatable bonds is 3. The molecule has 5 heterocycles. The fraction of sp³-hybridized carbons (Fsp3) is 0. The first-order chi connectivity index (χ1) is 26.3. The molecular formula is C49H28N4. The first kappa shape index (κ1) is 27.5. The lowest BCUT2D eigenvalue weighted by atomic mass is 9.96. The summed E-state index contributed by atoms with van der Waals surface area (Å²) in [7, 11) is 0. The molecule has 0 unspecified atom stereocenters. The molecule has 0 amide bonds. The lowest BCUT2D eigenvalue weighted by Crippen LogP contribution is -2.10. The molecule has 13 aromatic rings. The first-order valence-corrected chi connectivity index (χ1v) is 18.2. The number of hydrogen-bond acceptors (Lipinski definition) is 2. The van der Waals surface area contributed by atoms with E-state index in [9.17, 15) is 0 Å². The van der Waals surface area contributed by atoms with Gasteiger partial charge in [-0.05, 0) is 70.1 Å². The standard InChI is InChI=1S/C49H28N4/c1-3-16-31(17-4-1)51(32-18-5-2-6-19-32)40-25-13-23-36-38-27-30-15-8-10-21-34(30)43-45-44-41(28-50-49(45)53(46(36)40)48(38)43)52-39-24-12-11-22-35(39)37-26-29-14-7-9-20-33(29)42(44)47(37)52/h1-28H. The van der Waals surface area contributed by atoms with Crippen molar-refractivity contribution in [3.05, 3.63) is 170 Å². The van der Waals surface area contributed by atoms with Gasteiger partial charge in [0.2, 0.25) is 0 Å². The molecule has 5 aromatic heterocycles. The van der Waals surface area contributed by atoms with Crippen molar-refractivity contribution in [1.82, 2.24) is 13.8 Å². The van der Waals surface area contributed by atoms with Crippen molar-refractivity contribution in [1.29, 1.82) is 0 Å². The highest BCUT2D eigenvalue weighted by molar-refractivity contribution is 6.42. The van der Waals surface area contributed by atoms with E-state index in [-0.39, 0.29) is 0 Å². The lowest BCUT2D eigenvalue weighted by molar-refractivity contribution is 1.24. The van der Waals surface area contributed by atoms with Gasteiger partial charge in [-0.1, -0.05) is 115 Å². The van der Waals surface area contributed by atoms with E-state index in [4.69, 9.17) is 4.98 Å². The van der Waals surface area contributed by atoms with Gasteiger partial charge in [0.1, 0.15) is 5.65 Å². The maximum Gasteiger partial charge on any atom is 0.146 e. The first-order valence-electron chi connectivity index (χ1n) is 18.2. The lowest BCUT2D eigenvalue weighted by Gasteiger charge is -2.26. The Labute approximate surface area is 302 Å². The van der Waals surface area contributed by atoms with E-state index >= 15 is 0 Å². The van der Waals surface area contributed by atoms with E-state index in [1.807, 2.05) is 0 Å². The molecule has 0 radical (unpaired) electrons. The minimum Gasteiger partial charge on any atom is -0.308 e. The minimum atomic E-state index is 0.986. The summed E-state index contributed by atoms with van der Waals surface area (Å²) in [6, 6.07) is 59.6. The van der Waals surface area contributed by atoms with Gasteiger partial charge in [0.05, 0.1) is 39.5 Å². The Balaban J connectivity index is 1.32. The van der Waals surface area contributed by atoms with E-state index in [0.29, 0.717) is 0 Å². The number of fused-ring (bicyclic) bond motifs is 17. The van der Waals surface area contributed by atoms with Crippen molar-refractivity contribution in [2.24, 2.45) is 0 Å². The summed E-state index contributed by atoms with van der Waals surface area (Å²) >= 11 is 0. The van der Waals surface area contributed by atoms with Gasteiger partial charge in [0.25, 0.3) is 0 Å². The summed E-state index contributed by atoms with van der Waals surface area (Å²) in [6.45, 7) is 0. The summed E-state index contributed by atoms with van der Waals surface area (Å²) in [6.07, 6.45) is 2.13. The highest BCUT2D eigenvalue weighted by Crippen LogP contribution is 2.51. The fourth-order valence-corrected chi connectivity index (χ4v) is 9.71. The van der Waals surface area contributed by atoms with Crippen LogP contribution in [0.3, 0.4) is 0 Å². The van der Waals surface area contributed by atoms with Gasteiger partial charge in [0, 0.05) is 54.5 Å². The molecule has 244 valence electrons. The maximum atomic E-state index is 5.51. The number of nitrogens with zero attached hydrogens (tertiary/aromatic N) is 4. The van der Waals surface area contributed by atoms with Crippen LogP contribution in [0.2, 0.25) is 0 Å². The number of benzene rings is 8. The van der Waals surface area contributed by atoms with E-state index in [0.717, 1.165) is 33.7 Å². The molecule has 0 atom stereocenters.